The summed E-state index contributed by atoms with van der Waals surface area (Å²) in [4.78, 5) is 30.2. The first-order chi connectivity index (χ1) is 14.7. The molecule has 1 saturated carbocycles. The molecular weight excluding hydrogens is 412 g/mol. The van der Waals surface area contributed by atoms with E-state index < -0.39 is 11.4 Å². The highest BCUT2D eigenvalue weighted by atomic mass is 35.5. The van der Waals surface area contributed by atoms with Gasteiger partial charge in [0.15, 0.2) is 5.78 Å². The molecule has 4 rings (SSSR count). The molecule has 0 radical (unpaired) electrons. The highest BCUT2D eigenvalue weighted by Gasteiger charge is 2.36. The smallest absolute Gasteiger partial charge is 0.309 e. The molecule has 1 aliphatic rings. The number of carboxylic acids is 1. The summed E-state index contributed by atoms with van der Waals surface area (Å²) >= 11 is 6.05. The van der Waals surface area contributed by atoms with Gasteiger partial charge in [0.25, 0.3) is 0 Å². The van der Waals surface area contributed by atoms with Gasteiger partial charge in [-0.3, -0.25) is 9.59 Å². The maximum atomic E-state index is 13.5. The predicted octanol–water partition coefficient (Wildman–Crippen LogP) is 5.68. The van der Waals surface area contributed by atoms with Crippen molar-refractivity contribution in [2.75, 3.05) is 0 Å². The third kappa shape index (κ3) is 4.11. The number of carboxylic acid groups (broad SMARTS) is 1. The number of rotatable bonds is 7. The summed E-state index contributed by atoms with van der Waals surface area (Å²) in [5, 5.41) is 11.3. The molecule has 0 aliphatic heterocycles. The van der Waals surface area contributed by atoms with Crippen LogP contribution < -0.4 is 0 Å². The second-order valence-corrected chi connectivity index (χ2v) is 9.71. The average Bonchev–Trinajstić information content (AvgIpc) is 2.93. The molecule has 0 saturated heterocycles. The van der Waals surface area contributed by atoms with Gasteiger partial charge in [-0.1, -0.05) is 30.2 Å². The van der Waals surface area contributed by atoms with Crippen LogP contribution >= 0.6 is 11.6 Å². The summed E-state index contributed by atoms with van der Waals surface area (Å²) in [6.45, 7) is 5.86. The molecule has 1 aliphatic carbocycles. The van der Waals surface area contributed by atoms with Gasteiger partial charge in [0.05, 0.1) is 5.41 Å². The minimum atomic E-state index is -1.02. The fourth-order valence-electron chi connectivity index (χ4n) is 4.15. The van der Waals surface area contributed by atoms with Crippen LogP contribution in [0.3, 0.4) is 0 Å². The summed E-state index contributed by atoms with van der Waals surface area (Å²) in [5.74, 6) is -0.751. The number of aliphatic carboxylic acids is 1. The van der Waals surface area contributed by atoms with Crippen LogP contribution in [0, 0.1) is 18.3 Å². The van der Waals surface area contributed by atoms with Crippen LogP contribution in [-0.4, -0.2) is 26.4 Å². The molecule has 2 heterocycles. The van der Waals surface area contributed by atoms with Gasteiger partial charge in [-0.05, 0) is 62.9 Å². The van der Waals surface area contributed by atoms with E-state index in [0.717, 1.165) is 47.1 Å². The molecule has 0 bridgehead atoms. The Morgan fingerprint density at radius 3 is 2.48 bits per heavy atom. The van der Waals surface area contributed by atoms with Crippen molar-refractivity contribution in [2.45, 2.75) is 53.0 Å². The number of halogens is 1. The molecule has 0 amide bonds. The average molecular weight is 439 g/mol. The van der Waals surface area contributed by atoms with E-state index in [9.17, 15) is 14.7 Å². The third-order valence-electron chi connectivity index (χ3n) is 6.31. The van der Waals surface area contributed by atoms with Crippen molar-refractivity contribution in [2.24, 2.45) is 11.3 Å². The Morgan fingerprint density at radius 1 is 1.23 bits per heavy atom. The zero-order valence-electron chi connectivity index (χ0n) is 18.1. The summed E-state index contributed by atoms with van der Waals surface area (Å²) in [7, 11) is 0. The Kier molecular flexibility index (Phi) is 5.65. The van der Waals surface area contributed by atoms with Crippen LogP contribution in [0.4, 0.5) is 0 Å². The SMILES string of the molecule is Cc1cnc2c(c1)c(C(=O)C1CCC1)c(CC(C)(C)C(=O)O)n2Cc1ccc(Cl)cc1. The maximum absolute atomic E-state index is 13.5. The van der Waals surface area contributed by atoms with Gasteiger partial charge < -0.3 is 9.67 Å². The van der Waals surface area contributed by atoms with Gasteiger partial charge in [-0.15, -0.1) is 0 Å². The monoisotopic (exact) mass is 438 g/mol. The number of carbonyl (C=O) groups is 2. The zero-order valence-corrected chi connectivity index (χ0v) is 18.9. The van der Waals surface area contributed by atoms with Crippen molar-refractivity contribution >= 4 is 34.4 Å². The second-order valence-electron chi connectivity index (χ2n) is 9.28. The topological polar surface area (TPSA) is 72.2 Å². The van der Waals surface area contributed by atoms with Crippen LogP contribution in [0.2, 0.25) is 5.02 Å². The van der Waals surface area contributed by atoms with Gasteiger partial charge in [-0.25, -0.2) is 4.98 Å². The normalized spacial score (nSPS) is 14.6. The summed E-state index contributed by atoms with van der Waals surface area (Å²) < 4.78 is 2.02. The predicted molar refractivity (Wildman–Crippen MR) is 122 cm³/mol. The lowest BCUT2D eigenvalue weighted by Crippen LogP contribution is -2.29. The molecule has 0 unspecified atom stereocenters. The lowest BCUT2D eigenvalue weighted by atomic mass is 9.78. The largest absolute Gasteiger partial charge is 0.481 e. The Bertz CT molecular complexity index is 1160. The van der Waals surface area contributed by atoms with Gasteiger partial charge in [0.2, 0.25) is 0 Å². The van der Waals surface area contributed by atoms with Crippen molar-refractivity contribution < 1.29 is 14.7 Å². The lowest BCUT2D eigenvalue weighted by molar-refractivity contribution is -0.146. The van der Waals surface area contributed by atoms with E-state index in [1.165, 1.54) is 0 Å². The standard InChI is InChI=1S/C25H27ClN2O3/c1-15-11-19-21(22(29)17-5-4-6-17)20(12-25(2,3)24(30)31)28(23(19)27-13-15)14-16-7-9-18(26)10-8-16/h7-11,13,17H,4-6,12,14H2,1-3H3,(H,30,31). The van der Waals surface area contributed by atoms with E-state index in [1.54, 1.807) is 20.0 Å². The number of aryl methyl sites for hydroxylation is 1. The first-order valence-electron chi connectivity index (χ1n) is 10.7. The van der Waals surface area contributed by atoms with Crippen molar-refractivity contribution in [1.29, 1.82) is 0 Å². The molecular formula is C25H27ClN2O3. The molecule has 3 aromatic rings. The van der Waals surface area contributed by atoms with E-state index in [-0.39, 0.29) is 18.1 Å². The van der Waals surface area contributed by atoms with Gasteiger partial charge in [0, 0.05) is 46.7 Å². The fourth-order valence-corrected chi connectivity index (χ4v) is 4.28. The van der Waals surface area contributed by atoms with E-state index in [0.29, 0.717) is 17.1 Å². The van der Waals surface area contributed by atoms with Crippen molar-refractivity contribution in [3.8, 4) is 0 Å². The Morgan fingerprint density at radius 2 is 1.90 bits per heavy atom. The van der Waals surface area contributed by atoms with E-state index in [4.69, 9.17) is 11.6 Å². The molecule has 1 aromatic carbocycles. The van der Waals surface area contributed by atoms with Gasteiger partial charge >= 0.3 is 5.97 Å². The first kappa shape index (κ1) is 21.6. The molecule has 31 heavy (non-hydrogen) atoms. The Labute approximate surface area is 187 Å². The van der Waals surface area contributed by atoms with Gasteiger partial charge in [0.1, 0.15) is 5.65 Å². The number of carbonyl (C=O) groups excluding carboxylic acids is 1. The molecule has 5 nitrogen and oxygen atoms in total. The van der Waals surface area contributed by atoms with E-state index in [1.807, 2.05) is 41.8 Å². The summed E-state index contributed by atoms with van der Waals surface area (Å²) in [6.07, 6.45) is 4.89. The van der Waals surface area contributed by atoms with Gasteiger partial charge in [-0.2, -0.15) is 0 Å². The number of nitrogens with zero attached hydrogens (tertiary/aromatic N) is 2. The molecule has 2 aromatic heterocycles. The van der Waals surface area contributed by atoms with Crippen LogP contribution in [-0.2, 0) is 17.8 Å². The number of pyridine rings is 1. The van der Waals surface area contributed by atoms with E-state index in [2.05, 4.69) is 4.98 Å². The molecule has 1 fully saturated rings. The van der Waals surface area contributed by atoms with Crippen molar-refractivity contribution in [3.63, 3.8) is 0 Å². The second kappa shape index (κ2) is 8.12. The summed E-state index contributed by atoms with van der Waals surface area (Å²) in [6, 6.07) is 9.57. The third-order valence-corrected chi connectivity index (χ3v) is 6.56. The molecule has 162 valence electrons. The summed E-state index contributed by atoms with van der Waals surface area (Å²) in [5.41, 5.74) is 3.10. The number of aromatic nitrogens is 2. The molecule has 6 heteroatoms. The van der Waals surface area contributed by atoms with Crippen molar-refractivity contribution in [3.05, 3.63) is 63.9 Å². The fraction of sp³-hybridized carbons (Fsp3) is 0.400. The van der Waals surface area contributed by atoms with Crippen LogP contribution in [0.1, 0.15) is 60.3 Å². The number of Topliss-reactive ketones (excluding diaryl/α,β-unsaturated/α-hetero) is 1. The minimum absolute atomic E-state index is 0.0155. The zero-order chi connectivity index (χ0) is 22.3. The lowest BCUT2D eigenvalue weighted by Gasteiger charge is -2.26. The number of benzene rings is 1. The van der Waals surface area contributed by atoms with Crippen LogP contribution in [0.5, 0.6) is 0 Å². The molecule has 0 spiro atoms. The number of hydrogen-bond donors (Lipinski definition) is 1. The van der Waals surface area contributed by atoms with Crippen molar-refractivity contribution in [1.82, 2.24) is 9.55 Å². The number of ketones is 1. The van der Waals surface area contributed by atoms with Crippen LogP contribution in [0.25, 0.3) is 11.0 Å². The molecule has 1 N–H and O–H groups in total. The number of hydrogen-bond acceptors (Lipinski definition) is 3. The van der Waals surface area contributed by atoms with E-state index >= 15 is 0 Å². The quantitative estimate of drug-likeness (QED) is 0.481. The maximum Gasteiger partial charge on any atom is 0.309 e. The highest BCUT2D eigenvalue weighted by molar-refractivity contribution is 6.30. The Hall–Kier alpha value is -2.66. The van der Waals surface area contributed by atoms with Crippen LogP contribution in [0.15, 0.2) is 36.5 Å². The minimum Gasteiger partial charge on any atom is -0.481 e. The molecule has 0 atom stereocenters. The number of fused-ring (bicyclic) bond motifs is 1. The highest BCUT2D eigenvalue weighted by Crippen LogP contribution is 2.37. The Balaban J connectivity index is 1.94. The first-order valence-corrected chi connectivity index (χ1v) is 11.0.